The highest BCUT2D eigenvalue weighted by Gasteiger charge is 2.23. The molecule has 72 valence electrons. The summed E-state index contributed by atoms with van der Waals surface area (Å²) in [5.41, 5.74) is 0. The van der Waals surface area contributed by atoms with Gasteiger partial charge >= 0.3 is 0 Å². The van der Waals surface area contributed by atoms with E-state index in [0.29, 0.717) is 0 Å². The summed E-state index contributed by atoms with van der Waals surface area (Å²) in [6, 6.07) is 0. The average molecular weight is 169 g/mol. The van der Waals surface area contributed by atoms with E-state index < -0.39 is 0 Å². The van der Waals surface area contributed by atoms with Crippen LogP contribution in [0.5, 0.6) is 0 Å². The third-order valence-electron chi connectivity index (χ3n) is 3.19. The van der Waals surface area contributed by atoms with Crippen molar-refractivity contribution in [1.29, 1.82) is 0 Å². The second-order valence-electron chi connectivity index (χ2n) is 4.43. The molecule has 0 heterocycles. The minimum Gasteiger partial charge on any atom is -0.306 e. The monoisotopic (exact) mass is 169 g/mol. The van der Waals surface area contributed by atoms with Gasteiger partial charge in [-0.05, 0) is 38.3 Å². The van der Waals surface area contributed by atoms with Crippen molar-refractivity contribution in [2.75, 3.05) is 20.1 Å². The second-order valence-corrected chi connectivity index (χ2v) is 4.43. The van der Waals surface area contributed by atoms with Crippen LogP contribution >= 0.6 is 0 Å². The number of hydrogen-bond donors (Lipinski definition) is 0. The summed E-state index contributed by atoms with van der Waals surface area (Å²) >= 11 is 0. The first-order valence-corrected chi connectivity index (χ1v) is 5.42. The maximum absolute atomic E-state index is 2.49. The van der Waals surface area contributed by atoms with Crippen molar-refractivity contribution in [2.45, 2.75) is 39.5 Å². The topological polar surface area (TPSA) is 3.24 Å². The fourth-order valence-corrected chi connectivity index (χ4v) is 2.37. The molecule has 1 heteroatoms. The molecule has 1 nitrogen and oxygen atoms in total. The Morgan fingerprint density at radius 2 is 2.08 bits per heavy atom. The standard InChI is InChI=1S/C11H23N/c1-4-8-12(3)9-11-7-5-6-10(11)2/h10-11H,4-9H2,1-3H3. The van der Waals surface area contributed by atoms with Crippen LogP contribution in [0.4, 0.5) is 0 Å². The molecule has 0 N–H and O–H groups in total. The summed E-state index contributed by atoms with van der Waals surface area (Å²) in [7, 11) is 2.26. The van der Waals surface area contributed by atoms with Crippen molar-refractivity contribution in [1.82, 2.24) is 4.90 Å². The van der Waals surface area contributed by atoms with Gasteiger partial charge in [-0.1, -0.05) is 26.7 Å². The van der Waals surface area contributed by atoms with E-state index >= 15 is 0 Å². The molecule has 1 rings (SSSR count). The average Bonchev–Trinajstić information content (AvgIpc) is 2.37. The van der Waals surface area contributed by atoms with Crippen LogP contribution in [-0.4, -0.2) is 25.0 Å². The van der Waals surface area contributed by atoms with Gasteiger partial charge in [0.2, 0.25) is 0 Å². The Morgan fingerprint density at radius 3 is 2.58 bits per heavy atom. The van der Waals surface area contributed by atoms with Gasteiger partial charge in [-0.3, -0.25) is 0 Å². The van der Waals surface area contributed by atoms with E-state index in [4.69, 9.17) is 0 Å². The largest absolute Gasteiger partial charge is 0.306 e. The van der Waals surface area contributed by atoms with Gasteiger partial charge in [0.1, 0.15) is 0 Å². The zero-order valence-electron chi connectivity index (χ0n) is 8.84. The summed E-state index contributed by atoms with van der Waals surface area (Å²) in [5, 5.41) is 0. The van der Waals surface area contributed by atoms with Gasteiger partial charge in [0.15, 0.2) is 0 Å². The van der Waals surface area contributed by atoms with Crippen molar-refractivity contribution in [2.24, 2.45) is 11.8 Å². The number of nitrogens with zero attached hydrogens (tertiary/aromatic N) is 1. The molecular formula is C11H23N. The Hall–Kier alpha value is -0.0400. The van der Waals surface area contributed by atoms with Crippen LogP contribution in [0.1, 0.15) is 39.5 Å². The summed E-state index contributed by atoms with van der Waals surface area (Å²) in [5.74, 6) is 1.96. The van der Waals surface area contributed by atoms with E-state index in [2.05, 4.69) is 25.8 Å². The molecule has 2 atom stereocenters. The van der Waals surface area contributed by atoms with Gasteiger partial charge < -0.3 is 4.90 Å². The van der Waals surface area contributed by atoms with Gasteiger partial charge in [-0.15, -0.1) is 0 Å². The van der Waals surface area contributed by atoms with Crippen LogP contribution < -0.4 is 0 Å². The Balaban J connectivity index is 2.20. The smallest absolute Gasteiger partial charge is 0.000915 e. The van der Waals surface area contributed by atoms with Crippen LogP contribution in [-0.2, 0) is 0 Å². The first kappa shape index (κ1) is 10.0. The Kier molecular flexibility index (Phi) is 4.07. The first-order chi connectivity index (χ1) is 5.74. The third kappa shape index (κ3) is 2.78. The molecule has 0 spiro atoms. The molecule has 0 radical (unpaired) electrons. The molecule has 0 saturated heterocycles. The summed E-state index contributed by atoms with van der Waals surface area (Å²) in [4.78, 5) is 2.49. The van der Waals surface area contributed by atoms with Gasteiger partial charge in [-0.25, -0.2) is 0 Å². The first-order valence-electron chi connectivity index (χ1n) is 5.42. The van der Waals surface area contributed by atoms with Gasteiger partial charge in [0.25, 0.3) is 0 Å². The maximum atomic E-state index is 2.49. The predicted octanol–water partition coefficient (Wildman–Crippen LogP) is 2.76. The minimum absolute atomic E-state index is 0.976. The van der Waals surface area contributed by atoms with Gasteiger partial charge in [0, 0.05) is 6.54 Å². The third-order valence-corrected chi connectivity index (χ3v) is 3.19. The lowest BCUT2D eigenvalue weighted by molar-refractivity contribution is 0.248. The predicted molar refractivity (Wildman–Crippen MR) is 54.3 cm³/mol. The SMILES string of the molecule is CCCN(C)CC1CCCC1C. The molecule has 0 amide bonds. The molecular weight excluding hydrogens is 146 g/mol. The molecule has 1 aliphatic rings. The van der Waals surface area contributed by atoms with E-state index in [-0.39, 0.29) is 0 Å². The Bertz CT molecular complexity index is 122. The van der Waals surface area contributed by atoms with Gasteiger partial charge in [0.05, 0.1) is 0 Å². The molecule has 1 saturated carbocycles. The quantitative estimate of drug-likeness (QED) is 0.625. The van der Waals surface area contributed by atoms with E-state index in [0.717, 1.165) is 11.8 Å². The lowest BCUT2D eigenvalue weighted by Gasteiger charge is -2.22. The molecule has 12 heavy (non-hydrogen) atoms. The zero-order chi connectivity index (χ0) is 8.97. The highest BCUT2D eigenvalue weighted by molar-refractivity contribution is 4.76. The second kappa shape index (κ2) is 4.86. The molecule has 0 aliphatic heterocycles. The Labute approximate surface area is 77.1 Å². The summed E-state index contributed by atoms with van der Waals surface area (Å²) in [6.45, 7) is 7.27. The highest BCUT2D eigenvalue weighted by Crippen LogP contribution is 2.31. The van der Waals surface area contributed by atoms with Crippen LogP contribution in [0.3, 0.4) is 0 Å². The molecule has 0 bridgehead atoms. The van der Waals surface area contributed by atoms with Crippen molar-refractivity contribution >= 4 is 0 Å². The highest BCUT2D eigenvalue weighted by atomic mass is 15.1. The molecule has 1 fully saturated rings. The molecule has 0 aromatic carbocycles. The molecule has 0 aromatic heterocycles. The fraction of sp³-hybridized carbons (Fsp3) is 1.00. The lowest BCUT2D eigenvalue weighted by atomic mass is 9.98. The lowest BCUT2D eigenvalue weighted by Crippen LogP contribution is -2.27. The zero-order valence-corrected chi connectivity index (χ0v) is 8.84. The van der Waals surface area contributed by atoms with Crippen LogP contribution in [0.2, 0.25) is 0 Å². The maximum Gasteiger partial charge on any atom is 0.000915 e. The summed E-state index contributed by atoms with van der Waals surface area (Å²) in [6.07, 6.45) is 5.68. The van der Waals surface area contributed by atoms with Crippen LogP contribution in [0, 0.1) is 11.8 Å². The number of rotatable bonds is 4. The van der Waals surface area contributed by atoms with Gasteiger partial charge in [-0.2, -0.15) is 0 Å². The molecule has 1 aliphatic carbocycles. The van der Waals surface area contributed by atoms with Crippen LogP contribution in [0.15, 0.2) is 0 Å². The fourth-order valence-electron chi connectivity index (χ4n) is 2.37. The van der Waals surface area contributed by atoms with Crippen molar-refractivity contribution in [3.63, 3.8) is 0 Å². The van der Waals surface area contributed by atoms with Crippen molar-refractivity contribution in [3.05, 3.63) is 0 Å². The molecule has 2 unspecified atom stereocenters. The van der Waals surface area contributed by atoms with E-state index in [1.807, 2.05) is 0 Å². The summed E-state index contributed by atoms with van der Waals surface area (Å²) < 4.78 is 0. The van der Waals surface area contributed by atoms with Crippen LogP contribution in [0.25, 0.3) is 0 Å². The van der Waals surface area contributed by atoms with Crippen molar-refractivity contribution in [3.8, 4) is 0 Å². The number of hydrogen-bond acceptors (Lipinski definition) is 1. The molecule has 0 aromatic rings. The van der Waals surface area contributed by atoms with Crippen molar-refractivity contribution < 1.29 is 0 Å². The Morgan fingerprint density at radius 1 is 1.33 bits per heavy atom. The van der Waals surface area contributed by atoms with E-state index in [9.17, 15) is 0 Å². The van der Waals surface area contributed by atoms with E-state index in [1.54, 1.807) is 0 Å². The normalized spacial score (nSPS) is 30.0. The van der Waals surface area contributed by atoms with E-state index in [1.165, 1.54) is 38.8 Å². The minimum atomic E-state index is 0.976.